The van der Waals surface area contributed by atoms with Gasteiger partial charge in [-0.2, -0.15) is 0 Å². The zero-order chi connectivity index (χ0) is 22.0. The van der Waals surface area contributed by atoms with Crippen LogP contribution in [0, 0.1) is 6.92 Å². The molecule has 1 N–H and O–H groups in total. The second kappa shape index (κ2) is 9.14. The number of likely N-dealkylation sites (tertiary alicyclic amines) is 1. The van der Waals surface area contributed by atoms with Gasteiger partial charge in [0.15, 0.2) is 5.76 Å². The van der Waals surface area contributed by atoms with Gasteiger partial charge in [-0.1, -0.05) is 15.9 Å². The third-order valence-electron chi connectivity index (χ3n) is 5.63. The molecule has 2 amide bonds. The minimum Gasteiger partial charge on any atom is -0.494 e. The van der Waals surface area contributed by atoms with E-state index in [2.05, 4.69) is 21.2 Å². The number of ether oxygens (including phenoxy) is 1. The Morgan fingerprint density at radius 3 is 2.55 bits per heavy atom. The van der Waals surface area contributed by atoms with Crippen molar-refractivity contribution in [2.24, 2.45) is 0 Å². The number of amides is 2. The Morgan fingerprint density at radius 1 is 1.16 bits per heavy atom. The number of piperidine rings is 1. The molecule has 0 saturated carbocycles. The lowest BCUT2D eigenvalue weighted by atomic mass is 10.0. The number of rotatable bonds is 5. The van der Waals surface area contributed by atoms with Crippen molar-refractivity contribution in [3.63, 3.8) is 0 Å². The number of hydrogen-bond acceptors (Lipinski definition) is 4. The van der Waals surface area contributed by atoms with Crippen molar-refractivity contribution in [1.82, 2.24) is 10.2 Å². The molecule has 0 aliphatic carbocycles. The third-order valence-corrected chi connectivity index (χ3v) is 6.13. The van der Waals surface area contributed by atoms with Crippen LogP contribution in [0.3, 0.4) is 0 Å². The largest absolute Gasteiger partial charge is 0.494 e. The van der Waals surface area contributed by atoms with Gasteiger partial charge in [0, 0.05) is 40.1 Å². The summed E-state index contributed by atoms with van der Waals surface area (Å²) in [6.45, 7) is 5.62. The first-order valence-electron chi connectivity index (χ1n) is 10.5. The second-order valence-electron chi connectivity index (χ2n) is 7.69. The van der Waals surface area contributed by atoms with Crippen molar-refractivity contribution in [2.75, 3.05) is 19.7 Å². The zero-order valence-electron chi connectivity index (χ0n) is 17.6. The number of carbonyl (C=O) groups excluding carboxylic acids is 2. The fourth-order valence-electron chi connectivity index (χ4n) is 3.93. The maximum atomic E-state index is 12.8. The van der Waals surface area contributed by atoms with Crippen molar-refractivity contribution < 1.29 is 18.7 Å². The predicted molar refractivity (Wildman–Crippen MR) is 123 cm³/mol. The highest BCUT2D eigenvalue weighted by molar-refractivity contribution is 9.10. The van der Waals surface area contributed by atoms with E-state index in [1.807, 2.05) is 49.1 Å². The molecule has 3 aromatic rings. The Kier molecular flexibility index (Phi) is 6.32. The van der Waals surface area contributed by atoms with Crippen molar-refractivity contribution in [1.29, 1.82) is 0 Å². The van der Waals surface area contributed by atoms with E-state index in [0.717, 1.165) is 21.2 Å². The van der Waals surface area contributed by atoms with Gasteiger partial charge in [0.1, 0.15) is 11.3 Å². The van der Waals surface area contributed by atoms with Crippen molar-refractivity contribution >= 4 is 38.7 Å². The molecule has 6 nitrogen and oxygen atoms in total. The molecule has 1 aliphatic rings. The molecule has 0 spiro atoms. The van der Waals surface area contributed by atoms with Crippen LogP contribution in [0.1, 0.15) is 46.2 Å². The van der Waals surface area contributed by atoms with Crippen LogP contribution >= 0.6 is 15.9 Å². The number of halogens is 1. The first-order chi connectivity index (χ1) is 15.0. The van der Waals surface area contributed by atoms with Crippen LogP contribution in [-0.4, -0.2) is 42.5 Å². The van der Waals surface area contributed by atoms with E-state index in [-0.39, 0.29) is 17.9 Å². The van der Waals surface area contributed by atoms with Gasteiger partial charge in [0.05, 0.1) is 6.61 Å². The van der Waals surface area contributed by atoms with Crippen LogP contribution in [0.15, 0.2) is 51.4 Å². The topological polar surface area (TPSA) is 71.8 Å². The molecule has 0 bridgehead atoms. The van der Waals surface area contributed by atoms with E-state index in [1.165, 1.54) is 0 Å². The Balaban J connectivity index is 1.35. The molecule has 1 saturated heterocycles. The van der Waals surface area contributed by atoms with Gasteiger partial charge in [0.25, 0.3) is 11.8 Å². The van der Waals surface area contributed by atoms with E-state index in [9.17, 15) is 9.59 Å². The number of nitrogens with zero attached hydrogens (tertiary/aromatic N) is 1. The number of benzene rings is 2. The molecular weight excluding hydrogens is 460 g/mol. The van der Waals surface area contributed by atoms with E-state index in [0.29, 0.717) is 49.4 Å². The Morgan fingerprint density at radius 2 is 1.87 bits per heavy atom. The van der Waals surface area contributed by atoms with Crippen LogP contribution in [0.4, 0.5) is 0 Å². The fourth-order valence-corrected chi connectivity index (χ4v) is 4.29. The van der Waals surface area contributed by atoms with Gasteiger partial charge in [0.2, 0.25) is 0 Å². The monoisotopic (exact) mass is 484 g/mol. The highest BCUT2D eigenvalue weighted by Gasteiger charge is 2.26. The predicted octanol–water partition coefficient (Wildman–Crippen LogP) is 4.94. The molecule has 1 aromatic heterocycles. The van der Waals surface area contributed by atoms with E-state index in [4.69, 9.17) is 9.15 Å². The molecule has 7 heteroatoms. The van der Waals surface area contributed by atoms with Crippen molar-refractivity contribution in [2.45, 2.75) is 32.7 Å². The molecule has 2 heterocycles. The lowest BCUT2D eigenvalue weighted by Gasteiger charge is -2.32. The minimum atomic E-state index is -0.207. The highest BCUT2D eigenvalue weighted by atomic mass is 79.9. The Bertz CT molecular complexity index is 1100. The number of hydrogen-bond donors (Lipinski definition) is 1. The van der Waals surface area contributed by atoms with Gasteiger partial charge in [-0.3, -0.25) is 9.59 Å². The van der Waals surface area contributed by atoms with Gasteiger partial charge < -0.3 is 19.4 Å². The van der Waals surface area contributed by atoms with Crippen molar-refractivity contribution in [3.8, 4) is 5.75 Å². The first-order valence-corrected chi connectivity index (χ1v) is 11.3. The quantitative estimate of drug-likeness (QED) is 0.556. The summed E-state index contributed by atoms with van der Waals surface area (Å²) in [4.78, 5) is 27.4. The normalized spacial score (nSPS) is 14.6. The molecule has 0 atom stereocenters. The maximum Gasteiger partial charge on any atom is 0.287 e. The smallest absolute Gasteiger partial charge is 0.287 e. The number of fused-ring (bicyclic) bond motifs is 1. The molecule has 1 fully saturated rings. The molecule has 162 valence electrons. The van der Waals surface area contributed by atoms with Crippen LogP contribution < -0.4 is 10.1 Å². The van der Waals surface area contributed by atoms with Crippen LogP contribution in [0.5, 0.6) is 5.75 Å². The van der Waals surface area contributed by atoms with Gasteiger partial charge in [-0.15, -0.1) is 0 Å². The van der Waals surface area contributed by atoms with Crippen LogP contribution in [-0.2, 0) is 0 Å². The van der Waals surface area contributed by atoms with E-state index in [1.54, 1.807) is 12.1 Å². The number of carbonyl (C=O) groups is 2. The molecule has 31 heavy (non-hydrogen) atoms. The summed E-state index contributed by atoms with van der Waals surface area (Å²) in [6, 6.07) is 12.9. The van der Waals surface area contributed by atoms with E-state index < -0.39 is 0 Å². The average Bonchev–Trinajstić information content (AvgIpc) is 3.10. The summed E-state index contributed by atoms with van der Waals surface area (Å²) in [6.07, 6.45) is 1.42. The first kappa shape index (κ1) is 21.4. The zero-order valence-corrected chi connectivity index (χ0v) is 19.2. The summed E-state index contributed by atoms with van der Waals surface area (Å²) in [7, 11) is 0. The average molecular weight is 485 g/mol. The summed E-state index contributed by atoms with van der Waals surface area (Å²) < 4.78 is 12.2. The van der Waals surface area contributed by atoms with Crippen molar-refractivity contribution in [3.05, 3.63) is 63.8 Å². The molecule has 0 radical (unpaired) electrons. The van der Waals surface area contributed by atoms with E-state index >= 15 is 0 Å². The molecule has 4 rings (SSSR count). The third kappa shape index (κ3) is 4.61. The van der Waals surface area contributed by atoms with Gasteiger partial charge >= 0.3 is 0 Å². The number of furan rings is 1. The summed E-state index contributed by atoms with van der Waals surface area (Å²) in [5.41, 5.74) is 2.17. The Labute approximate surface area is 189 Å². The molecule has 2 aromatic carbocycles. The fraction of sp³-hybridized carbons (Fsp3) is 0.333. The standard InChI is InChI=1S/C24H25BrN2O4/c1-3-30-19-7-4-16(5-8-19)24(29)27-12-10-18(11-13-27)26-23(28)22-15(2)20-14-17(25)6-9-21(20)31-22/h4-9,14,18H,3,10-13H2,1-2H3,(H,26,28). The van der Waals surface area contributed by atoms with Gasteiger partial charge in [-0.05, 0) is 69.2 Å². The van der Waals surface area contributed by atoms with Gasteiger partial charge in [-0.25, -0.2) is 0 Å². The minimum absolute atomic E-state index is 0.00605. The van der Waals surface area contributed by atoms with Crippen LogP contribution in [0.25, 0.3) is 11.0 Å². The second-order valence-corrected chi connectivity index (χ2v) is 8.61. The Hall–Kier alpha value is -2.80. The highest BCUT2D eigenvalue weighted by Crippen LogP contribution is 2.28. The molecule has 1 aliphatic heterocycles. The summed E-state index contributed by atoms with van der Waals surface area (Å²) >= 11 is 3.46. The lowest BCUT2D eigenvalue weighted by molar-refractivity contribution is 0.0696. The number of nitrogens with one attached hydrogen (secondary N) is 1. The maximum absolute atomic E-state index is 12.8. The van der Waals surface area contributed by atoms with Crippen LogP contribution in [0.2, 0.25) is 0 Å². The number of aryl methyl sites for hydroxylation is 1. The molecular formula is C24H25BrN2O4. The summed E-state index contributed by atoms with van der Waals surface area (Å²) in [5, 5.41) is 4.00. The lowest BCUT2D eigenvalue weighted by Crippen LogP contribution is -2.46. The molecule has 0 unspecified atom stereocenters. The SMILES string of the molecule is CCOc1ccc(C(=O)N2CCC(NC(=O)c3oc4ccc(Br)cc4c3C)CC2)cc1. The summed E-state index contributed by atoms with van der Waals surface area (Å²) in [5.74, 6) is 0.905.